The minimum absolute atomic E-state index is 0.00537. The summed E-state index contributed by atoms with van der Waals surface area (Å²) < 4.78 is 27.9. The summed E-state index contributed by atoms with van der Waals surface area (Å²) >= 11 is 0. The van der Waals surface area contributed by atoms with Gasteiger partial charge in [-0.25, -0.2) is 13.6 Å². The zero-order chi connectivity index (χ0) is 15.1. The molecule has 0 saturated heterocycles. The van der Waals surface area contributed by atoms with Gasteiger partial charge in [-0.05, 0) is 36.4 Å². The van der Waals surface area contributed by atoms with Crippen LogP contribution in [0.3, 0.4) is 0 Å². The Hall–Kier alpha value is -2.24. The molecule has 0 bridgehead atoms. The van der Waals surface area contributed by atoms with Crippen LogP contribution in [0.25, 0.3) is 10.8 Å². The molecule has 110 valence electrons. The lowest BCUT2D eigenvalue weighted by molar-refractivity contribution is 0.0681. The zero-order valence-corrected chi connectivity index (χ0v) is 11.1. The van der Waals surface area contributed by atoms with Gasteiger partial charge in [-0.15, -0.1) is 0 Å². The molecule has 6 heteroatoms. The molecule has 3 rings (SSSR count). The van der Waals surface area contributed by atoms with Gasteiger partial charge in [0.25, 0.3) is 5.56 Å². The fraction of sp³-hybridized carbons (Fsp3) is 0.333. The number of carbonyl (C=O) groups is 1. The number of rotatable bonds is 2. The Kier molecular flexibility index (Phi) is 3.23. The van der Waals surface area contributed by atoms with Crippen molar-refractivity contribution >= 4 is 16.7 Å². The van der Waals surface area contributed by atoms with Crippen molar-refractivity contribution in [1.82, 2.24) is 4.57 Å². The summed E-state index contributed by atoms with van der Waals surface area (Å²) in [5.41, 5.74) is -0.749. The lowest BCUT2D eigenvalue weighted by Crippen LogP contribution is -2.29. The van der Waals surface area contributed by atoms with Gasteiger partial charge >= 0.3 is 5.97 Å². The van der Waals surface area contributed by atoms with E-state index < -0.39 is 23.2 Å². The Morgan fingerprint density at radius 1 is 1.14 bits per heavy atom. The molecule has 0 radical (unpaired) electrons. The number of carboxylic acid groups (broad SMARTS) is 1. The summed E-state index contributed by atoms with van der Waals surface area (Å²) in [7, 11) is 0. The molecule has 0 unspecified atom stereocenters. The van der Waals surface area contributed by atoms with Crippen molar-refractivity contribution in [1.29, 1.82) is 0 Å². The maximum Gasteiger partial charge on any atom is 0.352 e. The Bertz CT molecular complexity index is 792. The van der Waals surface area contributed by atoms with E-state index in [0.29, 0.717) is 0 Å². The van der Waals surface area contributed by atoms with Crippen molar-refractivity contribution in [3.05, 3.63) is 45.9 Å². The molecule has 1 N–H and O–H groups in total. The first kappa shape index (κ1) is 13.7. The van der Waals surface area contributed by atoms with Crippen molar-refractivity contribution in [3.63, 3.8) is 0 Å². The number of halogens is 2. The smallest absolute Gasteiger partial charge is 0.352 e. The number of hydrogen-bond donors (Lipinski definition) is 1. The van der Waals surface area contributed by atoms with Crippen LogP contribution in [-0.2, 0) is 0 Å². The number of nitrogens with zero attached hydrogens (tertiary/aromatic N) is 1. The highest BCUT2D eigenvalue weighted by atomic mass is 19.2. The number of aromatic carboxylic acids is 1. The largest absolute Gasteiger partial charge is 0.477 e. The van der Waals surface area contributed by atoms with Gasteiger partial charge in [0, 0.05) is 6.04 Å². The Balaban J connectivity index is 2.36. The first-order valence-electron chi connectivity index (χ1n) is 6.76. The maximum atomic E-state index is 13.4. The highest BCUT2D eigenvalue weighted by Gasteiger charge is 2.24. The van der Waals surface area contributed by atoms with Gasteiger partial charge in [0.2, 0.25) is 0 Å². The van der Waals surface area contributed by atoms with Crippen LogP contribution in [0, 0.1) is 11.6 Å². The van der Waals surface area contributed by atoms with Crippen LogP contribution in [0.2, 0.25) is 0 Å². The van der Waals surface area contributed by atoms with Crippen molar-refractivity contribution in [2.75, 3.05) is 0 Å². The average Bonchev–Trinajstić information content (AvgIpc) is 2.94. The molecule has 1 aromatic heterocycles. The van der Waals surface area contributed by atoms with E-state index in [2.05, 4.69) is 0 Å². The Morgan fingerprint density at radius 3 is 2.38 bits per heavy atom. The molecule has 1 saturated carbocycles. The topological polar surface area (TPSA) is 59.3 Å². The van der Waals surface area contributed by atoms with Crippen LogP contribution >= 0.6 is 0 Å². The van der Waals surface area contributed by atoms with Crippen molar-refractivity contribution in [2.24, 2.45) is 0 Å². The van der Waals surface area contributed by atoms with Crippen LogP contribution in [-0.4, -0.2) is 15.6 Å². The minimum Gasteiger partial charge on any atom is -0.477 e. The molecule has 1 aliphatic rings. The molecule has 1 aromatic carbocycles. The van der Waals surface area contributed by atoms with Crippen molar-refractivity contribution in [3.8, 4) is 0 Å². The number of pyridine rings is 1. The summed E-state index contributed by atoms with van der Waals surface area (Å²) in [5, 5.41) is 9.41. The van der Waals surface area contributed by atoms with E-state index in [-0.39, 0.29) is 22.5 Å². The number of carboxylic acids is 1. The predicted octanol–water partition coefficient (Wildman–Crippen LogP) is 3.09. The van der Waals surface area contributed by atoms with Gasteiger partial charge in [0.05, 0.1) is 5.39 Å². The standard InChI is InChI=1S/C15H13F2NO3/c16-11-5-8-6-13(15(20)21)18(9-3-1-2-4-9)14(19)10(8)7-12(11)17/h5-7,9H,1-4H2,(H,20,21). The van der Waals surface area contributed by atoms with Gasteiger partial charge in [-0.3, -0.25) is 9.36 Å². The number of aromatic nitrogens is 1. The van der Waals surface area contributed by atoms with Gasteiger partial charge in [-0.1, -0.05) is 12.8 Å². The van der Waals surface area contributed by atoms with Gasteiger partial charge in [-0.2, -0.15) is 0 Å². The van der Waals surface area contributed by atoms with E-state index in [0.717, 1.165) is 37.8 Å². The van der Waals surface area contributed by atoms with E-state index in [1.54, 1.807) is 0 Å². The van der Waals surface area contributed by atoms with E-state index >= 15 is 0 Å². The zero-order valence-electron chi connectivity index (χ0n) is 11.1. The Morgan fingerprint density at radius 2 is 1.76 bits per heavy atom. The molecular formula is C15H13F2NO3. The second kappa shape index (κ2) is 4.95. The lowest BCUT2D eigenvalue weighted by atomic mass is 10.1. The second-order valence-electron chi connectivity index (χ2n) is 5.30. The van der Waals surface area contributed by atoms with Crippen LogP contribution < -0.4 is 5.56 Å². The fourth-order valence-corrected chi connectivity index (χ4v) is 3.01. The van der Waals surface area contributed by atoms with Crippen molar-refractivity contribution in [2.45, 2.75) is 31.7 Å². The molecule has 0 atom stereocenters. The minimum atomic E-state index is -1.24. The molecule has 0 amide bonds. The summed E-state index contributed by atoms with van der Waals surface area (Å²) in [6.07, 6.45) is 3.28. The van der Waals surface area contributed by atoms with Crippen LogP contribution in [0.1, 0.15) is 42.2 Å². The highest BCUT2D eigenvalue weighted by molar-refractivity contribution is 5.92. The summed E-state index contributed by atoms with van der Waals surface area (Å²) in [5.74, 6) is -3.46. The van der Waals surface area contributed by atoms with E-state index in [1.807, 2.05) is 0 Å². The van der Waals surface area contributed by atoms with E-state index in [4.69, 9.17) is 0 Å². The molecule has 1 aliphatic carbocycles. The molecule has 21 heavy (non-hydrogen) atoms. The molecule has 0 aliphatic heterocycles. The third kappa shape index (κ3) is 2.20. The fourth-order valence-electron chi connectivity index (χ4n) is 3.01. The molecule has 1 heterocycles. The normalized spacial score (nSPS) is 15.7. The monoisotopic (exact) mass is 293 g/mol. The first-order valence-corrected chi connectivity index (χ1v) is 6.76. The quantitative estimate of drug-likeness (QED) is 0.925. The average molecular weight is 293 g/mol. The molecule has 1 fully saturated rings. The Labute approximate surface area is 118 Å². The maximum absolute atomic E-state index is 13.4. The van der Waals surface area contributed by atoms with Crippen LogP contribution in [0.4, 0.5) is 8.78 Å². The number of fused-ring (bicyclic) bond motifs is 1. The molecule has 0 spiro atoms. The van der Waals surface area contributed by atoms with Gasteiger partial charge < -0.3 is 5.11 Å². The number of benzene rings is 1. The third-order valence-electron chi connectivity index (χ3n) is 4.00. The lowest BCUT2D eigenvalue weighted by Gasteiger charge is -2.17. The summed E-state index contributed by atoms with van der Waals surface area (Å²) in [6.45, 7) is 0. The van der Waals surface area contributed by atoms with Crippen molar-refractivity contribution < 1.29 is 18.7 Å². The second-order valence-corrected chi connectivity index (χ2v) is 5.30. The predicted molar refractivity (Wildman–Crippen MR) is 72.6 cm³/mol. The SMILES string of the molecule is O=C(O)c1cc2cc(F)c(F)cc2c(=O)n1C1CCCC1. The number of hydrogen-bond acceptors (Lipinski definition) is 2. The van der Waals surface area contributed by atoms with Crippen LogP contribution in [0.15, 0.2) is 23.0 Å². The highest BCUT2D eigenvalue weighted by Crippen LogP contribution is 2.30. The molecule has 2 aromatic rings. The summed E-state index contributed by atoms with van der Waals surface area (Å²) in [4.78, 5) is 23.9. The van der Waals surface area contributed by atoms with Gasteiger partial charge in [0.15, 0.2) is 11.6 Å². The third-order valence-corrected chi connectivity index (χ3v) is 4.00. The molecular weight excluding hydrogens is 280 g/mol. The van der Waals surface area contributed by atoms with E-state index in [1.165, 1.54) is 10.6 Å². The first-order chi connectivity index (χ1) is 9.99. The van der Waals surface area contributed by atoms with E-state index in [9.17, 15) is 23.5 Å². The van der Waals surface area contributed by atoms with Gasteiger partial charge in [0.1, 0.15) is 5.69 Å². The summed E-state index contributed by atoms with van der Waals surface area (Å²) in [6, 6.07) is 2.74. The molecule has 4 nitrogen and oxygen atoms in total. The van der Waals surface area contributed by atoms with Crippen LogP contribution in [0.5, 0.6) is 0 Å².